The number of hydrogen-bond donors (Lipinski definition) is 3. The zero-order chi connectivity index (χ0) is 24.9. The monoisotopic (exact) mass is 533 g/mol. The van der Waals surface area contributed by atoms with Crippen LogP contribution in [0.1, 0.15) is 46.9 Å². The van der Waals surface area contributed by atoms with E-state index in [0.717, 1.165) is 10.9 Å². The van der Waals surface area contributed by atoms with Crippen molar-refractivity contribution in [1.82, 2.24) is 10.9 Å². The number of carbonyl (C=O) groups excluding carboxylic acids is 5. The van der Waals surface area contributed by atoms with E-state index in [4.69, 9.17) is 9.47 Å². The topological polar surface area (TPSA) is 140 Å². The van der Waals surface area contributed by atoms with Crippen molar-refractivity contribution in [3.05, 3.63) is 64.1 Å². The zero-order valence-corrected chi connectivity index (χ0v) is 20.0. The predicted molar refractivity (Wildman–Crippen MR) is 126 cm³/mol. The molecule has 2 aromatic rings. The molecule has 3 amide bonds. The van der Waals surface area contributed by atoms with Crippen LogP contribution in [0.4, 0.5) is 5.69 Å². The highest BCUT2D eigenvalue weighted by atomic mass is 79.9. The first-order valence-electron chi connectivity index (χ1n) is 10.4. The third kappa shape index (κ3) is 9.41. The molecule has 10 nitrogen and oxygen atoms in total. The summed E-state index contributed by atoms with van der Waals surface area (Å²) in [5, 5.41) is 2.59. The predicted octanol–water partition coefficient (Wildman–Crippen LogP) is 2.74. The van der Waals surface area contributed by atoms with E-state index in [0.29, 0.717) is 23.4 Å². The SMILES string of the molecule is CCCOC(=O)c1ccc(NC(=O)CCC(=O)OCC(=O)NNC(=O)c2ccc(Br)cc2)cc1. The smallest absolute Gasteiger partial charge is 0.338 e. The van der Waals surface area contributed by atoms with Crippen molar-refractivity contribution in [2.45, 2.75) is 26.2 Å². The fourth-order valence-electron chi connectivity index (χ4n) is 2.46. The Morgan fingerprint density at radius 3 is 2.09 bits per heavy atom. The molecule has 0 saturated heterocycles. The lowest BCUT2D eigenvalue weighted by Gasteiger charge is -2.09. The van der Waals surface area contributed by atoms with Crippen LogP contribution in [0.2, 0.25) is 0 Å². The first-order chi connectivity index (χ1) is 16.3. The molecule has 0 aromatic heterocycles. The average molecular weight is 534 g/mol. The number of carbonyl (C=O) groups is 5. The van der Waals surface area contributed by atoms with Crippen LogP contribution in [0.3, 0.4) is 0 Å². The van der Waals surface area contributed by atoms with Gasteiger partial charge in [-0.2, -0.15) is 0 Å². The van der Waals surface area contributed by atoms with E-state index in [2.05, 4.69) is 32.1 Å². The van der Waals surface area contributed by atoms with E-state index < -0.39 is 36.3 Å². The standard InChI is InChI=1S/C23H24BrN3O7/c1-2-13-33-23(32)16-5-9-18(10-6-16)25-19(28)11-12-21(30)34-14-20(29)26-27-22(31)15-3-7-17(24)8-4-15/h3-10H,2,11-14H2,1H3,(H,25,28)(H,26,29)(H,27,31). The number of ether oxygens (including phenoxy) is 2. The Morgan fingerprint density at radius 1 is 0.794 bits per heavy atom. The maximum Gasteiger partial charge on any atom is 0.338 e. The summed E-state index contributed by atoms with van der Waals surface area (Å²) in [7, 11) is 0. The van der Waals surface area contributed by atoms with E-state index >= 15 is 0 Å². The Kier molecular flexibility index (Phi) is 10.7. The minimum Gasteiger partial charge on any atom is -0.462 e. The fourth-order valence-corrected chi connectivity index (χ4v) is 2.73. The van der Waals surface area contributed by atoms with Gasteiger partial charge < -0.3 is 14.8 Å². The van der Waals surface area contributed by atoms with Gasteiger partial charge in [0.2, 0.25) is 5.91 Å². The Balaban J connectivity index is 1.65. The second-order valence-electron chi connectivity index (χ2n) is 6.93. The number of hydrogen-bond acceptors (Lipinski definition) is 7. The van der Waals surface area contributed by atoms with Gasteiger partial charge in [-0.3, -0.25) is 30.0 Å². The number of nitrogens with one attached hydrogen (secondary N) is 3. The summed E-state index contributed by atoms with van der Waals surface area (Å²) in [5.74, 6) is -2.90. The van der Waals surface area contributed by atoms with Crippen LogP contribution in [0.5, 0.6) is 0 Å². The largest absolute Gasteiger partial charge is 0.462 e. The highest BCUT2D eigenvalue weighted by molar-refractivity contribution is 9.10. The quantitative estimate of drug-likeness (QED) is 0.315. The molecular formula is C23H24BrN3O7. The third-order valence-corrected chi connectivity index (χ3v) is 4.71. The van der Waals surface area contributed by atoms with Gasteiger partial charge in [0.05, 0.1) is 18.6 Å². The maximum absolute atomic E-state index is 12.0. The van der Waals surface area contributed by atoms with Crippen LogP contribution < -0.4 is 16.2 Å². The molecule has 0 radical (unpaired) electrons. The van der Waals surface area contributed by atoms with Gasteiger partial charge in [0.1, 0.15) is 0 Å². The van der Waals surface area contributed by atoms with E-state index in [1.54, 1.807) is 36.4 Å². The highest BCUT2D eigenvalue weighted by Gasteiger charge is 2.13. The summed E-state index contributed by atoms with van der Waals surface area (Å²) in [6, 6.07) is 12.6. The molecule has 0 atom stereocenters. The van der Waals surface area contributed by atoms with Gasteiger partial charge in [-0.05, 0) is 55.0 Å². The van der Waals surface area contributed by atoms with Gasteiger partial charge >= 0.3 is 11.9 Å². The minimum absolute atomic E-state index is 0.166. The van der Waals surface area contributed by atoms with Crippen LogP contribution in [-0.4, -0.2) is 42.9 Å². The molecule has 0 fully saturated rings. The summed E-state index contributed by atoms with van der Waals surface area (Å²) in [4.78, 5) is 59.2. The average Bonchev–Trinajstić information content (AvgIpc) is 2.84. The molecule has 3 N–H and O–H groups in total. The number of esters is 2. The van der Waals surface area contributed by atoms with Crippen molar-refractivity contribution >= 4 is 51.3 Å². The lowest BCUT2D eigenvalue weighted by Crippen LogP contribution is -2.43. The first-order valence-corrected chi connectivity index (χ1v) is 11.1. The molecule has 0 saturated carbocycles. The highest BCUT2D eigenvalue weighted by Crippen LogP contribution is 2.12. The summed E-state index contributed by atoms with van der Waals surface area (Å²) < 4.78 is 10.6. The minimum atomic E-state index is -0.751. The molecule has 2 aromatic carbocycles. The van der Waals surface area contributed by atoms with Crippen LogP contribution in [-0.2, 0) is 23.9 Å². The zero-order valence-electron chi connectivity index (χ0n) is 18.4. The normalized spacial score (nSPS) is 10.1. The Bertz CT molecular complexity index is 1020. The molecule has 0 aliphatic heterocycles. The van der Waals surface area contributed by atoms with Gasteiger partial charge in [-0.15, -0.1) is 0 Å². The molecule has 0 bridgehead atoms. The molecule has 180 valence electrons. The molecule has 2 rings (SSSR count). The van der Waals surface area contributed by atoms with Gasteiger partial charge in [-0.1, -0.05) is 22.9 Å². The van der Waals surface area contributed by atoms with Crippen molar-refractivity contribution in [3.8, 4) is 0 Å². The summed E-state index contributed by atoms with van der Waals surface area (Å²) in [6.07, 6.45) is 0.309. The second-order valence-corrected chi connectivity index (χ2v) is 7.85. The first kappa shape index (κ1) is 26.5. The van der Waals surface area contributed by atoms with E-state index in [1.807, 2.05) is 6.92 Å². The Labute approximate surface area is 204 Å². The fraction of sp³-hybridized carbons (Fsp3) is 0.261. The lowest BCUT2D eigenvalue weighted by molar-refractivity contribution is -0.149. The van der Waals surface area contributed by atoms with Gasteiger partial charge in [-0.25, -0.2) is 4.79 Å². The maximum atomic E-state index is 12.0. The molecular weight excluding hydrogens is 510 g/mol. The van der Waals surface area contributed by atoms with Crippen molar-refractivity contribution in [1.29, 1.82) is 0 Å². The Morgan fingerprint density at radius 2 is 1.44 bits per heavy atom. The van der Waals surface area contributed by atoms with Crippen molar-refractivity contribution in [2.75, 3.05) is 18.5 Å². The Hall–Kier alpha value is -3.73. The number of benzene rings is 2. The van der Waals surface area contributed by atoms with E-state index in [1.165, 1.54) is 12.1 Å². The lowest BCUT2D eigenvalue weighted by atomic mass is 10.2. The molecule has 11 heteroatoms. The van der Waals surface area contributed by atoms with Crippen LogP contribution in [0, 0.1) is 0 Å². The molecule has 0 aliphatic carbocycles. The van der Waals surface area contributed by atoms with Crippen molar-refractivity contribution in [3.63, 3.8) is 0 Å². The van der Waals surface area contributed by atoms with Gasteiger partial charge in [0.15, 0.2) is 6.61 Å². The van der Waals surface area contributed by atoms with Crippen molar-refractivity contribution < 1.29 is 33.4 Å². The van der Waals surface area contributed by atoms with Crippen LogP contribution in [0.15, 0.2) is 53.0 Å². The van der Waals surface area contributed by atoms with Crippen LogP contribution >= 0.6 is 15.9 Å². The number of rotatable bonds is 10. The number of amides is 3. The molecule has 34 heavy (non-hydrogen) atoms. The van der Waals surface area contributed by atoms with Gasteiger partial charge in [0, 0.05) is 22.1 Å². The van der Waals surface area contributed by atoms with E-state index in [9.17, 15) is 24.0 Å². The summed E-state index contributed by atoms with van der Waals surface area (Å²) in [5.41, 5.74) is 5.48. The summed E-state index contributed by atoms with van der Waals surface area (Å²) >= 11 is 3.25. The molecule has 0 aliphatic rings. The molecule has 0 unspecified atom stereocenters. The number of halogens is 1. The molecule has 0 spiro atoms. The summed E-state index contributed by atoms with van der Waals surface area (Å²) in [6.45, 7) is 1.61. The third-order valence-electron chi connectivity index (χ3n) is 4.18. The number of anilines is 1. The van der Waals surface area contributed by atoms with E-state index in [-0.39, 0.29) is 12.8 Å². The van der Waals surface area contributed by atoms with Crippen LogP contribution in [0.25, 0.3) is 0 Å². The second kappa shape index (κ2) is 13.7. The van der Waals surface area contributed by atoms with Gasteiger partial charge in [0.25, 0.3) is 11.8 Å². The number of hydrazine groups is 1. The van der Waals surface area contributed by atoms with Crippen molar-refractivity contribution in [2.24, 2.45) is 0 Å². The molecule has 0 heterocycles.